The largest absolute Gasteiger partial charge is 0.497 e. The van der Waals surface area contributed by atoms with E-state index in [4.69, 9.17) is 18.6 Å². The number of hydrogen-bond acceptors (Lipinski definition) is 6. The number of carbonyl (C=O) groups excluding carboxylic acids is 1. The summed E-state index contributed by atoms with van der Waals surface area (Å²) in [6, 6.07) is 17.4. The van der Waals surface area contributed by atoms with Gasteiger partial charge in [0.15, 0.2) is 19.7 Å². The van der Waals surface area contributed by atoms with Gasteiger partial charge in [-0.2, -0.15) is 0 Å². The Labute approximate surface area is 214 Å². The minimum absolute atomic E-state index is 0.0183. The third kappa shape index (κ3) is 4.84. The molecule has 2 aromatic carbocycles. The first kappa shape index (κ1) is 26.0. The van der Waals surface area contributed by atoms with Gasteiger partial charge in [-0.3, -0.25) is 4.79 Å². The normalized spacial score (nSPS) is 28.6. The molecule has 35 heavy (non-hydrogen) atoms. The summed E-state index contributed by atoms with van der Waals surface area (Å²) in [6.07, 6.45) is 3.42. The number of ketones is 1. The number of Topliss-reactive ketones (excluding diaryl/α,β-unsaturated/α-hetero) is 1. The first-order valence-corrected chi connectivity index (χ1v) is 15.8. The zero-order chi connectivity index (χ0) is 25.5. The van der Waals surface area contributed by atoms with E-state index in [0.29, 0.717) is 12.2 Å². The fraction of sp³-hybridized carbons (Fsp3) is 0.464. The van der Waals surface area contributed by atoms with Gasteiger partial charge in [0.05, 0.1) is 25.6 Å². The standard InChI is InChI=1S/C28H36O5SSi/c1-26(2,3)35(6,7)33-24-19-23-27(4,34-22-11-9-8-10-12-22)25(29)28(24,32-23)17-18-31-21-15-13-20(30-5)14-16-21/h8-18,23-24H,19H2,1-7H3/b18-17+/t23-,24-,27+,28+/m0/s1. The molecule has 0 aromatic heterocycles. The molecule has 4 atom stereocenters. The van der Waals surface area contributed by atoms with Crippen molar-refractivity contribution in [2.75, 3.05) is 7.11 Å². The summed E-state index contributed by atoms with van der Waals surface area (Å²) in [5.41, 5.74) is -1.18. The molecule has 2 bridgehead atoms. The van der Waals surface area contributed by atoms with Crippen LogP contribution in [0.25, 0.3) is 0 Å². The Morgan fingerprint density at radius 1 is 1.06 bits per heavy atom. The van der Waals surface area contributed by atoms with Crippen LogP contribution in [-0.2, 0) is 14.0 Å². The number of fused-ring (bicyclic) bond motifs is 2. The molecule has 0 radical (unpaired) electrons. The molecular weight excluding hydrogens is 476 g/mol. The van der Waals surface area contributed by atoms with Crippen LogP contribution in [0.5, 0.6) is 11.5 Å². The van der Waals surface area contributed by atoms with Gasteiger partial charge in [-0.05, 0) is 67.5 Å². The quantitative estimate of drug-likeness (QED) is 0.292. The van der Waals surface area contributed by atoms with Crippen LogP contribution in [0.4, 0.5) is 0 Å². The van der Waals surface area contributed by atoms with Crippen molar-refractivity contribution in [1.82, 2.24) is 0 Å². The summed E-state index contributed by atoms with van der Waals surface area (Å²) in [5, 5.41) is 0.0183. The van der Waals surface area contributed by atoms with E-state index in [1.807, 2.05) is 61.5 Å². The van der Waals surface area contributed by atoms with Gasteiger partial charge >= 0.3 is 0 Å². The fourth-order valence-corrected chi connectivity index (χ4v) is 7.05. The summed E-state index contributed by atoms with van der Waals surface area (Å²) < 4.78 is 23.7. The maximum Gasteiger partial charge on any atom is 0.192 e. The molecule has 0 unspecified atom stereocenters. The van der Waals surface area contributed by atoms with E-state index in [0.717, 1.165) is 10.6 Å². The van der Waals surface area contributed by atoms with Crippen molar-refractivity contribution < 1.29 is 23.4 Å². The van der Waals surface area contributed by atoms with Gasteiger partial charge < -0.3 is 18.6 Å². The van der Waals surface area contributed by atoms with Crippen molar-refractivity contribution in [2.45, 2.75) is 79.7 Å². The van der Waals surface area contributed by atoms with E-state index in [9.17, 15) is 4.79 Å². The SMILES string of the molecule is COc1ccc(O/C=C/[C@@]23O[C@@H](C[C@@H]2O[Si](C)(C)C(C)(C)C)[C@@](C)(Sc2ccccc2)C3=O)cc1. The maximum absolute atomic E-state index is 14.2. The molecule has 2 fully saturated rings. The van der Waals surface area contributed by atoms with Gasteiger partial charge in [-0.1, -0.05) is 39.0 Å². The van der Waals surface area contributed by atoms with E-state index in [-0.39, 0.29) is 23.0 Å². The molecule has 0 N–H and O–H groups in total. The second kappa shape index (κ2) is 9.43. The maximum atomic E-state index is 14.2. The number of methoxy groups -OCH3 is 1. The minimum Gasteiger partial charge on any atom is -0.497 e. The first-order chi connectivity index (χ1) is 16.4. The van der Waals surface area contributed by atoms with E-state index in [2.05, 4.69) is 33.9 Å². The Kier molecular flexibility index (Phi) is 7.01. The summed E-state index contributed by atoms with van der Waals surface area (Å²) in [7, 11) is -0.519. The Balaban J connectivity index is 1.63. The fourth-order valence-electron chi connectivity index (χ4n) is 4.40. The average Bonchev–Trinajstić information content (AvgIpc) is 3.26. The van der Waals surface area contributed by atoms with Gasteiger partial charge in [-0.25, -0.2) is 0 Å². The molecule has 2 heterocycles. The lowest BCUT2D eigenvalue weighted by Gasteiger charge is -2.43. The van der Waals surface area contributed by atoms with E-state index in [1.54, 1.807) is 31.2 Å². The lowest BCUT2D eigenvalue weighted by molar-refractivity contribution is -0.132. The van der Waals surface area contributed by atoms with Crippen molar-refractivity contribution in [1.29, 1.82) is 0 Å². The molecule has 188 valence electrons. The predicted octanol–water partition coefficient (Wildman–Crippen LogP) is 6.64. The Hall–Kier alpha value is -2.06. The van der Waals surface area contributed by atoms with Crippen molar-refractivity contribution in [3.8, 4) is 11.5 Å². The topological polar surface area (TPSA) is 54.0 Å². The van der Waals surface area contributed by atoms with E-state index in [1.165, 1.54) is 0 Å². The highest BCUT2D eigenvalue weighted by Crippen LogP contribution is 2.57. The number of rotatable bonds is 8. The van der Waals surface area contributed by atoms with Gasteiger partial charge in [-0.15, -0.1) is 11.8 Å². The molecule has 0 aliphatic carbocycles. The van der Waals surface area contributed by atoms with Crippen LogP contribution in [0, 0.1) is 0 Å². The summed E-state index contributed by atoms with van der Waals surface area (Å²) in [4.78, 5) is 15.2. The van der Waals surface area contributed by atoms with Crippen LogP contribution in [0.15, 0.2) is 71.8 Å². The van der Waals surface area contributed by atoms with Gasteiger partial charge in [0, 0.05) is 11.3 Å². The molecule has 2 aliphatic rings. The first-order valence-electron chi connectivity index (χ1n) is 12.0. The third-order valence-electron chi connectivity index (χ3n) is 7.56. The third-order valence-corrected chi connectivity index (χ3v) is 13.4. The van der Waals surface area contributed by atoms with Gasteiger partial charge in [0.2, 0.25) is 0 Å². The second-order valence-corrected chi connectivity index (χ2v) is 17.2. The molecule has 4 rings (SSSR count). The van der Waals surface area contributed by atoms with Crippen molar-refractivity contribution >= 4 is 25.9 Å². The molecule has 7 heteroatoms. The average molecular weight is 513 g/mol. The molecule has 5 nitrogen and oxygen atoms in total. The summed E-state index contributed by atoms with van der Waals surface area (Å²) in [6.45, 7) is 13.1. The lowest BCUT2D eigenvalue weighted by Crippen LogP contribution is -2.58. The van der Waals surface area contributed by atoms with Crippen LogP contribution in [0.3, 0.4) is 0 Å². The van der Waals surface area contributed by atoms with Crippen LogP contribution in [0.1, 0.15) is 34.1 Å². The van der Waals surface area contributed by atoms with Crippen molar-refractivity contribution in [3.63, 3.8) is 0 Å². The number of thioether (sulfide) groups is 1. The number of benzene rings is 2. The highest BCUT2D eigenvalue weighted by atomic mass is 32.2. The summed E-state index contributed by atoms with van der Waals surface area (Å²) in [5.74, 6) is 1.44. The minimum atomic E-state index is -2.15. The Morgan fingerprint density at radius 3 is 2.29 bits per heavy atom. The molecule has 0 spiro atoms. The van der Waals surface area contributed by atoms with E-state index >= 15 is 0 Å². The Morgan fingerprint density at radius 2 is 1.69 bits per heavy atom. The molecule has 2 aliphatic heterocycles. The van der Waals surface area contributed by atoms with Crippen LogP contribution < -0.4 is 9.47 Å². The highest BCUT2D eigenvalue weighted by molar-refractivity contribution is 8.01. The monoisotopic (exact) mass is 512 g/mol. The van der Waals surface area contributed by atoms with Gasteiger partial charge in [0.1, 0.15) is 16.2 Å². The van der Waals surface area contributed by atoms with E-state index < -0.39 is 18.7 Å². The second-order valence-electron chi connectivity index (χ2n) is 10.9. The smallest absolute Gasteiger partial charge is 0.192 e. The zero-order valence-corrected chi connectivity index (χ0v) is 23.5. The van der Waals surface area contributed by atoms with Crippen LogP contribution >= 0.6 is 11.8 Å². The number of hydrogen-bond donors (Lipinski definition) is 0. The van der Waals surface area contributed by atoms with Crippen LogP contribution in [0.2, 0.25) is 18.1 Å². The lowest BCUT2D eigenvalue weighted by atomic mass is 9.78. The van der Waals surface area contributed by atoms with Crippen LogP contribution in [-0.4, -0.2) is 43.8 Å². The number of carbonyl (C=O) groups is 1. The molecular formula is C28H36O5SSi. The number of ether oxygens (including phenoxy) is 3. The molecule has 0 saturated carbocycles. The summed E-state index contributed by atoms with van der Waals surface area (Å²) >= 11 is 1.58. The zero-order valence-electron chi connectivity index (χ0n) is 21.7. The molecule has 0 amide bonds. The Bertz CT molecular complexity index is 1080. The highest BCUT2D eigenvalue weighted by Gasteiger charge is 2.70. The molecule has 2 aromatic rings. The van der Waals surface area contributed by atoms with Crippen molar-refractivity contribution in [2.24, 2.45) is 0 Å². The predicted molar refractivity (Wildman–Crippen MR) is 143 cm³/mol. The van der Waals surface area contributed by atoms with Gasteiger partial charge in [0.25, 0.3) is 0 Å². The van der Waals surface area contributed by atoms with Crippen molar-refractivity contribution in [3.05, 3.63) is 66.9 Å². The molecule has 2 saturated heterocycles.